The summed E-state index contributed by atoms with van der Waals surface area (Å²) < 4.78 is 5.25. The SMILES string of the molecule is C=C1CC(Cl)C(NC(=O)c2nsc3ccccc23)CC1Cl. The molecule has 1 aliphatic rings. The monoisotopic (exact) mass is 340 g/mol. The van der Waals surface area contributed by atoms with E-state index in [0.29, 0.717) is 18.5 Å². The first-order valence-electron chi connectivity index (χ1n) is 6.67. The number of hydrogen-bond acceptors (Lipinski definition) is 3. The van der Waals surface area contributed by atoms with E-state index < -0.39 is 0 Å². The molecule has 3 atom stereocenters. The summed E-state index contributed by atoms with van der Waals surface area (Å²) in [5.74, 6) is -0.195. The van der Waals surface area contributed by atoms with Crippen molar-refractivity contribution in [3.05, 3.63) is 42.1 Å². The summed E-state index contributed by atoms with van der Waals surface area (Å²) >= 11 is 13.8. The first kappa shape index (κ1) is 14.8. The highest BCUT2D eigenvalue weighted by molar-refractivity contribution is 7.13. The van der Waals surface area contributed by atoms with Crippen LogP contribution in [0.25, 0.3) is 10.1 Å². The zero-order chi connectivity index (χ0) is 15.0. The van der Waals surface area contributed by atoms with Crippen LogP contribution in [0.3, 0.4) is 0 Å². The van der Waals surface area contributed by atoms with Crippen LogP contribution in [-0.4, -0.2) is 27.1 Å². The van der Waals surface area contributed by atoms with Gasteiger partial charge in [0, 0.05) is 11.4 Å². The minimum Gasteiger partial charge on any atom is -0.346 e. The number of amides is 1. The largest absolute Gasteiger partial charge is 0.346 e. The molecule has 1 N–H and O–H groups in total. The van der Waals surface area contributed by atoms with Crippen LogP contribution in [0.15, 0.2) is 36.4 Å². The van der Waals surface area contributed by atoms with Gasteiger partial charge in [-0.15, -0.1) is 23.2 Å². The van der Waals surface area contributed by atoms with Crippen LogP contribution in [0.2, 0.25) is 0 Å². The Hall–Kier alpha value is -1.10. The van der Waals surface area contributed by atoms with Crippen molar-refractivity contribution in [1.29, 1.82) is 0 Å². The molecule has 6 heteroatoms. The number of fused-ring (bicyclic) bond motifs is 1. The summed E-state index contributed by atoms with van der Waals surface area (Å²) in [6.07, 6.45) is 1.22. The van der Waals surface area contributed by atoms with Crippen molar-refractivity contribution in [2.24, 2.45) is 0 Å². The Morgan fingerprint density at radius 2 is 2.14 bits per heavy atom. The molecule has 0 aliphatic heterocycles. The standard InChI is InChI=1S/C15H14Cl2N2OS/c1-8-6-11(17)12(7-10(8)16)18-15(20)14-9-4-2-3-5-13(9)21-19-14/h2-5,10-12H,1,6-7H2,(H,18,20). The van der Waals surface area contributed by atoms with E-state index in [1.807, 2.05) is 24.3 Å². The van der Waals surface area contributed by atoms with Crippen molar-refractivity contribution >= 4 is 50.7 Å². The highest BCUT2D eigenvalue weighted by Crippen LogP contribution is 2.31. The molecule has 1 fully saturated rings. The van der Waals surface area contributed by atoms with E-state index >= 15 is 0 Å². The Bertz CT molecular complexity index is 700. The van der Waals surface area contributed by atoms with Crippen LogP contribution in [-0.2, 0) is 0 Å². The third-order valence-corrected chi connectivity index (χ3v) is 5.48. The molecule has 3 unspecified atom stereocenters. The molecule has 1 amide bonds. The van der Waals surface area contributed by atoms with Gasteiger partial charge in [-0.25, -0.2) is 0 Å². The summed E-state index contributed by atoms with van der Waals surface area (Å²) in [5.41, 5.74) is 1.39. The second-order valence-corrected chi connectivity index (χ2v) is 7.08. The third-order valence-electron chi connectivity index (χ3n) is 3.71. The molecule has 1 aromatic heterocycles. The van der Waals surface area contributed by atoms with E-state index in [1.54, 1.807) is 0 Å². The molecule has 3 rings (SSSR count). The van der Waals surface area contributed by atoms with Gasteiger partial charge in [0.25, 0.3) is 5.91 Å². The van der Waals surface area contributed by atoms with E-state index in [4.69, 9.17) is 23.2 Å². The minimum atomic E-state index is -0.195. The van der Waals surface area contributed by atoms with Gasteiger partial charge in [-0.05, 0) is 30.4 Å². The van der Waals surface area contributed by atoms with Crippen LogP contribution in [0, 0.1) is 0 Å². The van der Waals surface area contributed by atoms with Gasteiger partial charge < -0.3 is 5.32 Å². The molecule has 0 saturated heterocycles. The fraction of sp³-hybridized carbons (Fsp3) is 0.333. The van der Waals surface area contributed by atoms with Crippen molar-refractivity contribution in [3.63, 3.8) is 0 Å². The Balaban J connectivity index is 1.78. The Labute approximate surface area is 137 Å². The number of alkyl halides is 2. The molecule has 1 heterocycles. The predicted molar refractivity (Wildman–Crippen MR) is 88.5 cm³/mol. The highest BCUT2D eigenvalue weighted by atomic mass is 35.5. The van der Waals surface area contributed by atoms with Gasteiger partial charge in [0.05, 0.1) is 15.5 Å². The normalized spacial score (nSPS) is 26.0. The van der Waals surface area contributed by atoms with Crippen LogP contribution in [0.5, 0.6) is 0 Å². The number of rotatable bonds is 2. The fourth-order valence-electron chi connectivity index (χ4n) is 2.49. The number of carbonyl (C=O) groups is 1. The molecule has 3 nitrogen and oxygen atoms in total. The summed E-state index contributed by atoms with van der Waals surface area (Å²) in [7, 11) is 0. The maximum Gasteiger partial charge on any atom is 0.271 e. The van der Waals surface area contributed by atoms with E-state index in [0.717, 1.165) is 15.7 Å². The second kappa shape index (κ2) is 5.95. The van der Waals surface area contributed by atoms with Crippen molar-refractivity contribution < 1.29 is 4.79 Å². The number of hydrogen-bond donors (Lipinski definition) is 1. The minimum absolute atomic E-state index is 0.141. The van der Waals surface area contributed by atoms with E-state index in [9.17, 15) is 4.79 Å². The average molecular weight is 341 g/mol. The van der Waals surface area contributed by atoms with Crippen LogP contribution in [0.1, 0.15) is 23.3 Å². The predicted octanol–water partition coefficient (Wildman–Crippen LogP) is 3.96. The number of aromatic nitrogens is 1. The maximum absolute atomic E-state index is 12.4. The number of allylic oxidation sites excluding steroid dienone is 1. The van der Waals surface area contributed by atoms with Gasteiger partial charge in [-0.1, -0.05) is 30.4 Å². The summed E-state index contributed by atoms with van der Waals surface area (Å²) in [6.45, 7) is 3.91. The topological polar surface area (TPSA) is 42.0 Å². The number of carbonyl (C=O) groups excluding carboxylic acids is 1. The van der Waals surface area contributed by atoms with Crippen molar-refractivity contribution in [1.82, 2.24) is 9.69 Å². The zero-order valence-electron chi connectivity index (χ0n) is 11.2. The number of nitrogens with zero attached hydrogens (tertiary/aromatic N) is 1. The molecule has 0 spiro atoms. The van der Waals surface area contributed by atoms with Crippen LogP contribution < -0.4 is 5.32 Å². The molecule has 1 aliphatic carbocycles. The number of halogens is 2. The molecule has 110 valence electrons. The molecular formula is C15H14Cl2N2OS. The number of benzene rings is 1. The van der Waals surface area contributed by atoms with Gasteiger partial charge in [0.2, 0.25) is 0 Å². The van der Waals surface area contributed by atoms with Crippen molar-refractivity contribution in [3.8, 4) is 0 Å². The van der Waals surface area contributed by atoms with Gasteiger partial charge in [-0.2, -0.15) is 4.37 Å². The van der Waals surface area contributed by atoms with Gasteiger partial charge >= 0.3 is 0 Å². The Morgan fingerprint density at radius 3 is 2.95 bits per heavy atom. The molecule has 0 bridgehead atoms. The van der Waals surface area contributed by atoms with Gasteiger partial charge in [-0.3, -0.25) is 4.79 Å². The molecule has 1 saturated carbocycles. The Morgan fingerprint density at radius 1 is 1.38 bits per heavy atom. The summed E-state index contributed by atoms with van der Waals surface area (Å²) in [6, 6.07) is 7.53. The third kappa shape index (κ3) is 2.93. The average Bonchev–Trinajstić information content (AvgIpc) is 2.88. The first-order valence-corrected chi connectivity index (χ1v) is 8.32. The Kier molecular flexibility index (Phi) is 4.20. The summed E-state index contributed by atoms with van der Waals surface area (Å²) in [4.78, 5) is 12.4. The lowest BCUT2D eigenvalue weighted by molar-refractivity contribution is 0.0929. The van der Waals surface area contributed by atoms with Crippen molar-refractivity contribution in [2.45, 2.75) is 29.6 Å². The fourth-order valence-corrected chi connectivity index (χ4v) is 3.91. The quantitative estimate of drug-likeness (QED) is 0.664. The lowest BCUT2D eigenvalue weighted by Gasteiger charge is -2.32. The van der Waals surface area contributed by atoms with Gasteiger partial charge in [0.15, 0.2) is 0 Å². The molecule has 1 aromatic carbocycles. The van der Waals surface area contributed by atoms with Gasteiger partial charge in [0.1, 0.15) is 5.69 Å². The maximum atomic E-state index is 12.4. The molecule has 21 heavy (non-hydrogen) atoms. The van der Waals surface area contributed by atoms with E-state index in [-0.39, 0.29) is 22.7 Å². The van der Waals surface area contributed by atoms with E-state index in [2.05, 4.69) is 16.3 Å². The lowest BCUT2D eigenvalue weighted by atomic mass is 9.90. The second-order valence-electron chi connectivity index (χ2n) is 5.19. The van der Waals surface area contributed by atoms with E-state index in [1.165, 1.54) is 11.5 Å². The number of nitrogens with one attached hydrogen (secondary N) is 1. The lowest BCUT2D eigenvalue weighted by Crippen LogP contribution is -2.46. The first-order chi connectivity index (χ1) is 10.1. The zero-order valence-corrected chi connectivity index (χ0v) is 13.5. The van der Waals surface area contributed by atoms with Crippen LogP contribution >= 0.6 is 34.7 Å². The molecular weight excluding hydrogens is 327 g/mol. The summed E-state index contributed by atoms with van der Waals surface area (Å²) in [5, 5.41) is 3.51. The molecule has 2 aromatic rings. The van der Waals surface area contributed by atoms with Crippen molar-refractivity contribution in [2.75, 3.05) is 0 Å². The van der Waals surface area contributed by atoms with Crippen LogP contribution in [0.4, 0.5) is 0 Å². The highest BCUT2D eigenvalue weighted by Gasteiger charge is 2.32. The smallest absolute Gasteiger partial charge is 0.271 e. The molecule has 0 radical (unpaired) electrons.